The lowest BCUT2D eigenvalue weighted by atomic mass is 9.99. The van der Waals surface area contributed by atoms with Gasteiger partial charge in [0.1, 0.15) is 0 Å². The van der Waals surface area contributed by atoms with Crippen molar-refractivity contribution in [1.29, 1.82) is 0 Å². The molecule has 1 atom stereocenters. The minimum absolute atomic E-state index is 0.0916. The van der Waals surface area contributed by atoms with Gasteiger partial charge in [-0.3, -0.25) is 4.90 Å². The number of hydrogen-bond acceptors (Lipinski definition) is 2. The lowest BCUT2D eigenvalue weighted by Gasteiger charge is -2.33. The molecule has 1 aliphatic rings. The largest absolute Gasteiger partial charge is 0.314 e. The van der Waals surface area contributed by atoms with E-state index in [9.17, 15) is 8.78 Å². The Hall–Kier alpha value is -1.00. The first-order valence-electron chi connectivity index (χ1n) is 5.88. The number of benzene rings is 1. The summed E-state index contributed by atoms with van der Waals surface area (Å²) in [5, 5.41) is 3.29. The summed E-state index contributed by atoms with van der Waals surface area (Å²) < 4.78 is 26.5. The van der Waals surface area contributed by atoms with Crippen molar-refractivity contribution >= 4 is 0 Å². The summed E-state index contributed by atoms with van der Waals surface area (Å²) in [6.07, 6.45) is 0. The monoisotopic (exact) mass is 240 g/mol. The van der Waals surface area contributed by atoms with Crippen molar-refractivity contribution in [2.24, 2.45) is 0 Å². The molecule has 17 heavy (non-hydrogen) atoms. The minimum atomic E-state index is -2.77. The van der Waals surface area contributed by atoms with Crippen LogP contribution in [0.15, 0.2) is 24.3 Å². The minimum Gasteiger partial charge on any atom is -0.314 e. The lowest BCUT2D eigenvalue weighted by Crippen LogP contribution is -2.43. The molecule has 1 heterocycles. The zero-order chi connectivity index (χ0) is 12.5. The van der Waals surface area contributed by atoms with Gasteiger partial charge in [0, 0.05) is 38.2 Å². The molecule has 4 heteroatoms. The Morgan fingerprint density at radius 3 is 2.82 bits per heavy atom. The van der Waals surface area contributed by atoms with Crippen LogP contribution in [-0.2, 0) is 5.92 Å². The van der Waals surface area contributed by atoms with Crippen molar-refractivity contribution in [3.63, 3.8) is 0 Å². The maximum absolute atomic E-state index is 13.3. The second-order valence-electron chi connectivity index (χ2n) is 4.71. The highest BCUT2D eigenvalue weighted by molar-refractivity contribution is 5.29. The number of rotatable bonds is 2. The SMILES string of the molecule is CN1CCNCC1c1cccc(C(C)(F)F)c1. The van der Waals surface area contributed by atoms with Crippen LogP contribution in [0.3, 0.4) is 0 Å². The fraction of sp³-hybridized carbons (Fsp3) is 0.538. The van der Waals surface area contributed by atoms with Crippen LogP contribution in [0.2, 0.25) is 0 Å². The van der Waals surface area contributed by atoms with Gasteiger partial charge in [0.25, 0.3) is 5.92 Å². The van der Waals surface area contributed by atoms with E-state index >= 15 is 0 Å². The molecule has 0 aliphatic carbocycles. The van der Waals surface area contributed by atoms with E-state index in [0.29, 0.717) is 0 Å². The number of nitrogens with one attached hydrogen (secondary N) is 1. The van der Waals surface area contributed by atoms with Crippen LogP contribution in [0, 0.1) is 0 Å². The van der Waals surface area contributed by atoms with E-state index in [-0.39, 0.29) is 11.6 Å². The van der Waals surface area contributed by atoms with Crippen LogP contribution in [-0.4, -0.2) is 31.6 Å². The van der Waals surface area contributed by atoms with Crippen molar-refractivity contribution in [2.45, 2.75) is 18.9 Å². The fourth-order valence-electron chi connectivity index (χ4n) is 2.20. The molecule has 2 nitrogen and oxygen atoms in total. The van der Waals surface area contributed by atoms with Crippen molar-refractivity contribution in [2.75, 3.05) is 26.7 Å². The van der Waals surface area contributed by atoms with Gasteiger partial charge in [0.2, 0.25) is 0 Å². The van der Waals surface area contributed by atoms with Gasteiger partial charge >= 0.3 is 0 Å². The first kappa shape index (κ1) is 12.5. The van der Waals surface area contributed by atoms with E-state index in [4.69, 9.17) is 0 Å². The molecule has 0 radical (unpaired) electrons. The molecule has 1 unspecified atom stereocenters. The Bertz CT molecular complexity index is 387. The fourth-order valence-corrected chi connectivity index (χ4v) is 2.20. The average molecular weight is 240 g/mol. The molecule has 1 aromatic carbocycles. The number of piperazine rings is 1. The van der Waals surface area contributed by atoms with E-state index in [1.165, 1.54) is 6.07 Å². The summed E-state index contributed by atoms with van der Waals surface area (Å²) in [7, 11) is 2.03. The van der Waals surface area contributed by atoms with E-state index in [2.05, 4.69) is 10.2 Å². The summed E-state index contributed by atoms with van der Waals surface area (Å²) in [6.45, 7) is 3.65. The highest BCUT2D eigenvalue weighted by Crippen LogP contribution is 2.30. The summed E-state index contributed by atoms with van der Waals surface area (Å²) >= 11 is 0. The van der Waals surface area contributed by atoms with Gasteiger partial charge in [-0.2, -0.15) is 0 Å². The number of hydrogen-bond donors (Lipinski definition) is 1. The molecule has 94 valence electrons. The van der Waals surface area contributed by atoms with Gasteiger partial charge in [-0.05, 0) is 18.7 Å². The number of nitrogens with zero attached hydrogens (tertiary/aromatic N) is 1. The molecular weight excluding hydrogens is 222 g/mol. The van der Waals surface area contributed by atoms with E-state index in [1.807, 2.05) is 13.1 Å². The molecule has 0 aromatic heterocycles. The third-order valence-corrected chi connectivity index (χ3v) is 3.29. The van der Waals surface area contributed by atoms with Gasteiger partial charge in [0.05, 0.1) is 0 Å². The van der Waals surface area contributed by atoms with Gasteiger partial charge in [-0.15, -0.1) is 0 Å². The lowest BCUT2D eigenvalue weighted by molar-refractivity contribution is 0.0172. The van der Waals surface area contributed by atoms with Crippen molar-refractivity contribution in [3.8, 4) is 0 Å². The average Bonchev–Trinajstić information content (AvgIpc) is 2.29. The number of likely N-dealkylation sites (N-methyl/N-ethyl adjacent to an activating group) is 1. The molecule has 1 fully saturated rings. The molecule has 0 amide bonds. The molecule has 1 N–H and O–H groups in total. The molecule has 1 aromatic rings. The van der Waals surface area contributed by atoms with Gasteiger partial charge < -0.3 is 5.32 Å². The maximum atomic E-state index is 13.3. The normalized spacial score (nSPS) is 22.7. The third-order valence-electron chi connectivity index (χ3n) is 3.29. The van der Waals surface area contributed by atoms with E-state index in [1.54, 1.807) is 12.1 Å². The van der Waals surface area contributed by atoms with Crippen LogP contribution < -0.4 is 5.32 Å². The quantitative estimate of drug-likeness (QED) is 0.853. The van der Waals surface area contributed by atoms with Crippen LogP contribution in [0.25, 0.3) is 0 Å². The highest BCUT2D eigenvalue weighted by atomic mass is 19.3. The number of alkyl halides is 2. The zero-order valence-electron chi connectivity index (χ0n) is 10.2. The molecule has 2 rings (SSSR count). The van der Waals surface area contributed by atoms with Crippen LogP contribution in [0.4, 0.5) is 8.78 Å². The molecular formula is C13H18F2N2. The van der Waals surface area contributed by atoms with E-state index in [0.717, 1.165) is 32.1 Å². The van der Waals surface area contributed by atoms with Crippen LogP contribution in [0.5, 0.6) is 0 Å². The Labute approximate surface area is 101 Å². The van der Waals surface area contributed by atoms with Gasteiger partial charge in [0.15, 0.2) is 0 Å². The first-order valence-corrected chi connectivity index (χ1v) is 5.88. The summed E-state index contributed by atoms with van der Waals surface area (Å²) in [6, 6.07) is 6.92. The topological polar surface area (TPSA) is 15.3 Å². The molecule has 0 spiro atoms. The second-order valence-corrected chi connectivity index (χ2v) is 4.71. The standard InChI is InChI=1S/C13H18F2N2/c1-13(14,15)11-5-3-4-10(8-11)12-9-16-6-7-17(12)2/h3-5,8,12,16H,6-7,9H2,1-2H3. The molecule has 1 aliphatic heterocycles. The highest BCUT2D eigenvalue weighted by Gasteiger charge is 2.26. The predicted octanol–water partition coefficient (Wildman–Crippen LogP) is 2.37. The van der Waals surface area contributed by atoms with Gasteiger partial charge in [-0.25, -0.2) is 8.78 Å². The smallest absolute Gasteiger partial charge is 0.270 e. The van der Waals surface area contributed by atoms with Crippen molar-refractivity contribution in [3.05, 3.63) is 35.4 Å². The predicted molar refractivity (Wildman–Crippen MR) is 64.3 cm³/mol. The van der Waals surface area contributed by atoms with E-state index < -0.39 is 5.92 Å². The summed E-state index contributed by atoms with van der Waals surface area (Å²) in [4.78, 5) is 2.20. The Kier molecular flexibility index (Phi) is 3.45. The molecule has 1 saturated heterocycles. The van der Waals surface area contributed by atoms with Crippen molar-refractivity contribution < 1.29 is 8.78 Å². The summed E-state index contributed by atoms with van der Waals surface area (Å²) in [5.41, 5.74) is 1.05. The summed E-state index contributed by atoms with van der Waals surface area (Å²) in [5.74, 6) is -2.77. The third kappa shape index (κ3) is 2.82. The Morgan fingerprint density at radius 2 is 2.18 bits per heavy atom. The Balaban J connectivity index is 2.26. The zero-order valence-corrected chi connectivity index (χ0v) is 10.2. The molecule has 0 saturated carbocycles. The Morgan fingerprint density at radius 1 is 1.41 bits per heavy atom. The first-order chi connectivity index (χ1) is 7.98. The molecule has 0 bridgehead atoms. The maximum Gasteiger partial charge on any atom is 0.270 e. The van der Waals surface area contributed by atoms with Gasteiger partial charge in [-0.1, -0.05) is 18.2 Å². The van der Waals surface area contributed by atoms with Crippen molar-refractivity contribution in [1.82, 2.24) is 10.2 Å². The van der Waals surface area contributed by atoms with Crippen LogP contribution >= 0.6 is 0 Å². The van der Waals surface area contributed by atoms with Crippen LogP contribution in [0.1, 0.15) is 24.1 Å². The second kappa shape index (κ2) is 4.70. The number of halogens is 2.